The topological polar surface area (TPSA) is 109 Å². The number of aliphatic hydroxyl groups excluding tert-OH is 1. The number of carbonyl (C=O) groups is 1. The second-order valence-corrected chi connectivity index (χ2v) is 10.6. The lowest BCUT2D eigenvalue weighted by atomic mass is 10.0. The van der Waals surface area contributed by atoms with Crippen LogP contribution in [0.25, 0.3) is 5.70 Å². The maximum absolute atomic E-state index is 14.6. The van der Waals surface area contributed by atoms with Gasteiger partial charge in [-0.3, -0.25) is 0 Å². The van der Waals surface area contributed by atoms with Gasteiger partial charge >= 0.3 is 12.6 Å². The van der Waals surface area contributed by atoms with Gasteiger partial charge in [0.1, 0.15) is 17.2 Å². The van der Waals surface area contributed by atoms with Crippen molar-refractivity contribution in [3.05, 3.63) is 74.4 Å². The Morgan fingerprint density at radius 2 is 1.79 bits per heavy atom. The molecule has 0 saturated carbocycles. The summed E-state index contributed by atoms with van der Waals surface area (Å²) in [5, 5.41) is 16.3. The summed E-state index contributed by atoms with van der Waals surface area (Å²) in [6, 6.07) is 8.73. The molecule has 0 bridgehead atoms. The number of aliphatic imine (C=N–C) groups is 1. The number of alkyl halides is 2. The van der Waals surface area contributed by atoms with E-state index in [2.05, 4.69) is 38.2 Å². The number of rotatable bonds is 11. The third-order valence-electron chi connectivity index (χ3n) is 5.12. The first kappa shape index (κ1) is 31.5. The van der Waals surface area contributed by atoms with E-state index in [1.165, 1.54) is 0 Å². The lowest BCUT2D eigenvalue weighted by molar-refractivity contribution is 0.0422. The Bertz CT molecular complexity index is 1120. The number of hydrogen-bond donors (Lipinski definition) is 4. The average Bonchev–Trinajstić information content (AvgIpc) is 2.80. The van der Waals surface area contributed by atoms with Gasteiger partial charge in [-0.15, -0.1) is 0 Å². The van der Waals surface area contributed by atoms with Gasteiger partial charge in [-0.1, -0.05) is 12.1 Å². The maximum atomic E-state index is 14.6. The number of alkyl carbamates (subject to hydrolysis) is 1. The minimum Gasteiger partial charge on any atom is -0.444 e. The van der Waals surface area contributed by atoms with E-state index in [4.69, 9.17) is 10.5 Å². The molecule has 0 heterocycles. The fourth-order valence-electron chi connectivity index (χ4n) is 3.33. The van der Waals surface area contributed by atoms with Crippen molar-refractivity contribution >= 4 is 40.6 Å². The van der Waals surface area contributed by atoms with Gasteiger partial charge in [0, 0.05) is 39.7 Å². The number of nitrogens with one attached hydrogen (secondary N) is 2. The minimum atomic E-state index is -2.92. The van der Waals surface area contributed by atoms with Crippen LogP contribution in [-0.4, -0.2) is 48.3 Å². The zero-order chi connectivity index (χ0) is 28.5. The summed E-state index contributed by atoms with van der Waals surface area (Å²) in [6.45, 7) is 1.85. The van der Waals surface area contributed by atoms with Crippen LogP contribution < -0.4 is 16.4 Å². The van der Waals surface area contributed by atoms with Gasteiger partial charge in [-0.25, -0.2) is 18.6 Å². The van der Waals surface area contributed by atoms with Crippen molar-refractivity contribution in [3.8, 4) is 0 Å². The lowest BCUT2D eigenvalue weighted by Gasteiger charge is -2.27. The quantitative estimate of drug-likeness (QED) is 0.122. The molecule has 12 heteroatoms. The lowest BCUT2D eigenvalue weighted by Crippen LogP contribution is -2.50. The van der Waals surface area contributed by atoms with Gasteiger partial charge in [0.25, 0.3) is 0 Å². The molecule has 2 atom stereocenters. The Kier molecular flexibility index (Phi) is 12.0. The third kappa shape index (κ3) is 11.0. The highest BCUT2D eigenvalue weighted by Crippen LogP contribution is 2.19. The normalized spacial score (nSPS) is 14.1. The van der Waals surface area contributed by atoms with Crippen LogP contribution in [0, 0.1) is 15.2 Å². The monoisotopic (exact) mass is 650 g/mol. The van der Waals surface area contributed by atoms with E-state index in [0.29, 0.717) is 0 Å². The van der Waals surface area contributed by atoms with Crippen molar-refractivity contribution in [3.63, 3.8) is 0 Å². The number of nitrogens with zero attached hydrogens (tertiary/aromatic N) is 1. The predicted molar refractivity (Wildman–Crippen MR) is 147 cm³/mol. The Hall–Kier alpha value is -2.71. The molecule has 0 aliphatic rings. The fourth-order valence-corrected chi connectivity index (χ4v) is 3.69. The number of allylic oxidation sites excluding steroid dienone is 1. The summed E-state index contributed by atoms with van der Waals surface area (Å²) in [5.41, 5.74) is 5.33. The Morgan fingerprint density at radius 1 is 1.18 bits per heavy atom. The molecule has 2 rings (SSSR count). The van der Waals surface area contributed by atoms with Gasteiger partial charge in [-0.2, -0.15) is 8.78 Å². The average molecular weight is 650 g/mol. The van der Waals surface area contributed by atoms with Gasteiger partial charge in [0.2, 0.25) is 0 Å². The van der Waals surface area contributed by atoms with Crippen LogP contribution in [0.4, 0.5) is 22.4 Å². The van der Waals surface area contributed by atoms with Crippen molar-refractivity contribution < 1.29 is 32.2 Å². The van der Waals surface area contributed by atoms with E-state index < -0.39 is 42.0 Å². The first-order valence-electron chi connectivity index (χ1n) is 11.6. The molecule has 0 spiro atoms. The van der Waals surface area contributed by atoms with Gasteiger partial charge < -0.3 is 26.2 Å². The van der Waals surface area contributed by atoms with Crippen molar-refractivity contribution in [2.24, 2.45) is 10.7 Å². The molecule has 2 aromatic rings. The summed E-state index contributed by atoms with van der Waals surface area (Å²) in [7, 11) is 0. The highest BCUT2D eigenvalue weighted by Gasteiger charge is 2.25. The van der Waals surface area contributed by atoms with Crippen molar-refractivity contribution in [2.75, 3.05) is 6.54 Å². The standard InChI is InChI=1S/C26H31F4IN4O3/c1-26(2,3)38-25(37)35-22(10-15-4-6-17(31)7-5-15)23(36)14-33-13-18-19(27)11-16(12-20(18)28)21(32)8-9-34-24(29)30/h4-9,11-12,22-24,33,36H,10,13-14,32H2,1-3H3,(H,35,37)/t22?,23-/m0/s1. The molecular weight excluding hydrogens is 619 g/mol. The Labute approximate surface area is 232 Å². The Morgan fingerprint density at radius 3 is 2.34 bits per heavy atom. The van der Waals surface area contributed by atoms with Gasteiger partial charge in [0.15, 0.2) is 0 Å². The van der Waals surface area contributed by atoms with Crippen LogP contribution in [0.15, 0.2) is 47.5 Å². The van der Waals surface area contributed by atoms with E-state index in [1.807, 2.05) is 24.3 Å². The van der Waals surface area contributed by atoms with Crippen LogP contribution in [0.5, 0.6) is 0 Å². The summed E-state index contributed by atoms with van der Waals surface area (Å²) < 4.78 is 59.7. The largest absolute Gasteiger partial charge is 0.444 e. The molecule has 7 nitrogen and oxygen atoms in total. The predicted octanol–water partition coefficient (Wildman–Crippen LogP) is 4.75. The molecule has 0 saturated heterocycles. The number of carbonyl (C=O) groups excluding carboxylic acids is 1. The molecule has 0 aromatic heterocycles. The number of aliphatic hydroxyl groups is 1. The van der Waals surface area contributed by atoms with Crippen molar-refractivity contribution in [2.45, 2.75) is 58.0 Å². The number of benzene rings is 2. The first-order valence-corrected chi connectivity index (χ1v) is 12.7. The number of ether oxygens (including phenoxy) is 1. The molecule has 5 N–H and O–H groups in total. The second kappa shape index (κ2) is 14.4. The molecule has 1 unspecified atom stereocenters. The summed E-state index contributed by atoms with van der Waals surface area (Å²) in [4.78, 5) is 15.2. The van der Waals surface area contributed by atoms with Crippen LogP contribution in [-0.2, 0) is 17.7 Å². The van der Waals surface area contributed by atoms with E-state index in [-0.39, 0.29) is 36.3 Å². The third-order valence-corrected chi connectivity index (χ3v) is 5.84. The van der Waals surface area contributed by atoms with Crippen molar-refractivity contribution in [1.29, 1.82) is 0 Å². The smallest absolute Gasteiger partial charge is 0.407 e. The molecule has 208 valence electrons. The van der Waals surface area contributed by atoms with E-state index in [9.17, 15) is 27.5 Å². The first-order chi connectivity index (χ1) is 17.7. The fraction of sp³-hybridized carbons (Fsp3) is 0.385. The molecule has 0 radical (unpaired) electrons. The number of hydrogen-bond acceptors (Lipinski definition) is 6. The molecule has 2 aromatic carbocycles. The second-order valence-electron chi connectivity index (χ2n) is 9.40. The SMILES string of the molecule is CC(C)(C)OC(=O)NC(Cc1ccc(I)cc1)[C@@H](O)CNCc1c(F)cc(C(N)=CC=NC(F)F)cc1F. The maximum Gasteiger partial charge on any atom is 0.407 e. The van der Waals surface area contributed by atoms with Crippen LogP contribution in [0.2, 0.25) is 0 Å². The van der Waals surface area contributed by atoms with Gasteiger partial charge in [0.05, 0.1) is 12.1 Å². The molecule has 0 fully saturated rings. The minimum absolute atomic E-state index is 0.0383. The number of amides is 1. The highest BCUT2D eigenvalue weighted by molar-refractivity contribution is 14.1. The van der Waals surface area contributed by atoms with Crippen LogP contribution in [0.1, 0.15) is 37.5 Å². The zero-order valence-electron chi connectivity index (χ0n) is 21.2. The summed E-state index contributed by atoms with van der Waals surface area (Å²) in [5.74, 6) is -1.82. The van der Waals surface area contributed by atoms with E-state index >= 15 is 0 Å². The van der Waals surface area contributed by atoms with E-state index in [1.54, 1.807) is 20.8 Å². The summed E-state index contributed by atoms with van der Waals surface area (Å²) in [6.07, 6.45) is 0.227. The molecule has 1 amide bonds. The molecular formula is C26H31F4IN4O3. The van der Waals surface area contributed by atoms with Crippen LogP contribution >= 0.6 is 22.6 Å². The number of halogens is 5. The summed E-state index contributed by atoms with van der Waals surface area (Å²) >= 11 is 2.17. The van der Waals surface area contributed by atoms with Crippen LogP contribution in [0.3, 0.4) is 0 Å². The molecule has 0 aliphatic carbocycles. The highest BCUT2D eigenvalue weighted by atomic mass is 127. The number of nitrogens with two attached hydrogens (primary N) is 1. The molecule has 0 aliphatic heterocycles. The van der Waals surface area contributed by atoms with Gasteiger partial charge in [-0.05, 0) is 85.7 Å². The van der Waals surface area contributed by atoms with E-state index in [0.717, 1.165) is 33.6 Å². The zero-order valence-corrected chi connectivity index (χ0v) is 23.3. The Balaban J connectivity index is 2.08. The molecule has 38 heavy (non-hydrogen) atoms. The van der Waals surface area contributed by atoms with Crippen molar-refractivity contribution in [1.82, 2.24) is 10.6 Å².